The Morgan fingerprint density at radius 1 is 1.19 bits per heavy atom. The fourth-order valence-corrected chi connectivity index (χ4v) is 5.45. The van der Waals surface area contributed by atoms with Crippen molar-refractivity contribution in [1.29, 1.82) is 0 Å². The van der Waals surface area contributed by atoms with Crippen LogP contribution in [-0.2, 0) is 14.8 Å². The summed E-state index contributed by atoms with van der Waals surface area (Å²) in [5.74, 6) is 0.436. The predicted octanol–water partition coefficient (Wildman–Crippen LogP) is 4.33. The van der Waals surface area contributed by atoms with Crippen LogP contribution in [0.25, 0.3) is 0 Å². The number of halogens is 1. The maximum absolute atomic E-state index is 13.0. The van der Waals surface area contributed by atoms with Crippen molar-refractivity contribution >= 4 is 27.5 Å². The lowest BCUT2D eigenvalue weighted by atomic mass is 9.96. The minimum absolute atomic E-state index is 0.0450. The van der Waals surface area contributed by atoms with Crippen LogP contribution in [0, 0.1) is 12.8 Å². The van der Waals surface area contributed by atoms with Crippen LogP contribution in [-0.4, -0.2) is 38.3 Å². The number of amides is 1. The van der Waals surface area contributed by atoms with E-state index in [4.69, 9.17) is 16.3 Å². The molecule has 0 radical (unpaired) electrons. The van der Waals surface area contributed by atoms with Gasteiger partial charge in [0.15, 0.2) is 0 Å². The Hall–Kier alpha value is -2.09. The van der Waals surface area contributed by atoms with Gasteiger partial charge < -0.3 is 10.1 Å². The Morgan fingerprint density at radius 3 is 2.42 bits per heavy atom. The number of piperidine rings is 1. The number of ether oxygens (including phenoxy) is 1. The largest absolute Gasteiger partial charge is 0.494 e. The minimum Gasteiger partial charge on any atom is -0.494 e. The van der Waals surface area contributed by atoms with Gasteiger partial charge in [0.25, 0.3) is 0 Å². The number of sulfonamides is 1. The quantitative estimate of drug-likeness (QED) is 0.661. The van der Waals surface area contributed by atoms with E-state index in [0.717, 1.165) is 11.1 Å². The summed E-state index contributed by atoms with van der Waals surface area (Å²) >= 11 is 5.92. The Bertz CT molecular complexity index is 1020. The van der Waals surface area contributed by atoms with E-state index in [1.54, 1.807) is 30.3 Å². The molecular weight excluding hydrogens is 436 g/mol. The molecule has 1 heterocycles. The second kappa shape index (κ2) is 10.0. The van der Waals surface area contributed by atoms with E-state index in [9.17, 15) is 13.2 Å². The van der Waals surface area contributed by atoms with E-state index in [1.165, 1.54) is 4.31 Å². The molecule has 1 saturated heterocycles. The van der Waals surface area contributed by atoms with Gasteiger partial charge in [0.1, 0.15) is 5.75 Å². The maximum atomic E-state index is 13.0. The lowest BCUT2D eigenvalue weighted by molar-refractivity contribution is -0.126. The minimum atomic E-state index is -3.60. The highest BCUT2D eigenvalue weighted by Crippen LogP contribution is 2.28. The summed E-state index contributed by atoms with van der Waals surface area (Å²) in [6, 6.07) is 12.2. The summed E-state index contributed by atoms with van der Waals surface area (Å²) in [7, 11) is -3.60. The number of rotatable bonds is 7. The molecule has 0 saturated carbocycles. The molecule has 1 aliphatic rings. The molecule has 6 nitrogen and oxygen atoms in total. The van der Waals surface area contributed by atoms with Crippen molar-refractivity contribution in [1.82, 2.24) is 9.62 Å². The van der Waals surface area contributed by atoms with Crippen molar-refractivity contribution in [3.05, 3.63) is 58.6 Å². The molecule has 8 heteroatoms. The first-order valence-electron chi connectivity index (χ1n) is 10.5. The molecule has 168 valence electrons. The van der Waals surface area contributed by atoms with Crippen LogP contribution in [0.4, 0.5) is 0 Å². The number of aryl methyl sites for hydroxylation is 1. The Kier molecular flexibility index (Phi) is 7.62. The summed E-state index contributed by atoms with van der Waals surface area (Å²) in [6.07, 6.45) is 0.989. The van der Waals surface area contributed by atoms with Crippen LogP contribution in [0.15, 0.2) is 47.4 Å². The van der Waals surface area contributed by atoms with Crippen molar-refractivity contribution in [2.24, 2.45) is 5.92 Å². The summed E-state index contributed by atoms with van der Waals surface area (Å²) in [5.41, 5.74) is 1.76. The van der Waals surface area contributed by atoms with E-state index in [0.29, 0.717) is 43.3 Å². The summed E-state index contributed by atoms with van der Waals surface area (Å²) in [4.78, 5) is 13.0. The smallest absolute Gasteiger partial charge is 0.243 e. The van der Waals surface area contributed by atoms with E-state index in [-0.39, 0.29) is 22.8 Å². The molecule has 1 fully saturated rings. The van der Waals surface area contributed by atoms with Crippen LogP contribution in [0.1, 0.15) is 43.9 Å². The van der Waals surface area contributed by atoms with Gasteiger partial charge in [0.05, 0.1) is 17.5 Å². The number of nitrogens with one attached hydrogen (secondary N) is 1. The highest BCUT2D eigenvalue weighted by molar-refractivity contribution is 7.89. The van der Waals surface area contributed by atoms with Gasteiger partial charge in [-0.05, 0) is 75.1 Å². The molecular formula is C23H29ClN2O4S. The lowest BCUT2D eigenvalue weighted by Crippen LogP contribution is -2.43. The van der Waals surface area contributed by atoms with Crippen LogP contribution in [0.5, 0.6) is 5.75 Å². The standard InChI is InChI=1S/C23H29ClN2O4S/c1-4-30-22-10-9-21(15-16(22)2)31(28,29)26-13-11-19(12-14-26)23(27)25-17(3)18-5-7-20(24)8-6-18/h5-10,15,17,19H,4,11-14H2,1-3H3,(H,25,27). The molecule has 0 bridgehead atoms. The highest BCUT2D eigenvalue weighted by Gasteiger charge is 2.32. The van der Waals surface area contributed by atoms with Crippen LogP contribution in [0.3, 0.4) is 0 Å². The average molecular weight is 465 g/mol. The van der Waals surface area contributed by atoms with Gasteiger partial charge in [-0.1, -0.05) is 23.7 Å². The SMILES string of the molecule is CCOc1ccc(S(=O)(=O)N2CCC(C(=O)NC(C)c3ccc(Cl)cc3)CC2)cc1C. The summed E-state index contributed by atoms with van der Waals surface area (Å²) < 4.78 is 33.1. The van der Waals surface area contributed by atoms with Crippen molar-refractivity contribution in [3.8, 4) is 5.75 Å². The Morgan fingerprint density at radius 2 is 1.84 bits per heavy atom. The van der Waals surface area contributed by atoms with Crippen molar-refractivity contribution in [2.45, 2.75) is 44.6 Å². The molecule has 1 N–H and O–H groups in total. The number of carbonyl (C=O) groups excluding carboxylic acids is 1. The molecule has 0 aliphatic carbocycles. The van der Waals surface area contributed by atoms with E-state index < -0.39 is 10.0 Å². The maximum Gasteiger partial charge on any atom is 0.243 e. The number of carbonyl (C=O) groups is 1. The third-order valence-electron chi connectivity index (χ3n) is 5.64. The Balaban J connectivity index is 1.59. The van der Waals surface area contributed by atoms with Gasteiger partial charge in [-0.15, -0.1) is 0 Å². The molecule has 2 aromatic rings. The predicted molar refractivity (Wildman–Crippen MR) is 122 cm³/mol. The fourth-order valence-electron chi connectivity index (χ4n) is 3.77. The Labute approximate surface area is 189 Å². The zero-order valence-electron chi connectivity index (χ0n) is 18.1. The van der Waals surface area contributed by atoms with Gasteiger partial charge in [-0.25, -0.2) is 8.42 Å². The van der Waals surface area contributed by atoms with Gasteiger partial charge in [-0.2, -0.15) is 4.31 Å². The first-order chi connectivity index (χ1) is 14.7. The summed E-state index contributed by atoms with van der Waals surface area (Å²) in [5, 5.41) is 3.68. The monoisotopic (exact) mass is 464 g/mol. The molecule has 1 aliphatic heterocycles. The van der Waals surface area contributed by atoms with Crippen molar-refractivity contribution in [3.63, 3.8) is 0 Å². The number of hydrogen-bond donors (Lipinski definition) is 1. The average Bonchev–Trinajstić information content (AvgIpc) is 2.75. The molecule has 2 aromatic carbocycles. The van der Waals surface area contributed by atoms with Gasteiger partial charge in [-0.3, -0.25) is 4.79 Å². The third-order valence-corrected chi connectivity index (χ3v) is 7.78. The van der Waals surface area contributed by atoms with Crippen molar-refractivity contribution < 1.29 is 17.9 Å². The second-order valence-electron chi connectivity index (χ2n) is 7.82. The molecule has 0 aromatic heterocycles. The first kappa shape index (κ1) is 23.6. The van der Waals surface area contributed by atoms with Gasteiger partial charge >= 0.3 is 0 Å². The summed E-state index contributed by atoms with van der Waals surface area (Å²) in [6.45, 7) is 6.82. The molecule has 1 atom stereocenters. The normalized spacial score (nSPS) is 16.6. The second-order valence-corrected chi connectivity index (χ2v) is 10.2. The number of hydrogen-bond acceptors (Lipinski definition) is 4. The van der Waals surface area contributed by atoms with Crippen molar-refractivity contribution in [2.75, 3.05) is 19.7 Å². The van der Waals surface area contributed by atoms with Gasteiger partial charge in [0, 0.05) is 24.0 Å². The zero-order chi connectivity index (χ0) is 22.6. The molecule has 0 spiro atoms. The van der Waals surface area contributed by atoms with E-state index >= 15 is 0 Å². The van der Waals surface area contributed by atoms with Crippen LogP contribution >= 0.6 is 11.6 Å². The van der Waals surface area contributed by atoms with Gasteiger partial charge in [0.2, 0.25) is 15.9 Å². The van der Waals surface area contributed by atoms with Crippen LogP contribution < -0.4 is 10.1 Å². The molecule has 31 heavy (non-hydrogen) atoms. The van der Waals surface area contributed by atoms with E-state index in [2.05, 4.69) is 5.32 Å². The van der Waals surface area contributed by atoms with Crippen LogP contribution in [0.2, 0.25) is 5.02 Å². The third kappa shape index (κ3) is 5.59. The lowest BCUT2D eigenvalue weighted by Gasteiger charge is -2.31. The highest BCUT2D eigenvalue weighted by atomic mass is 35.5. The molecule has 3 rings (SSSR count). The number of nitrogens with zero attached hydrogens (tertiary/aromatic N) is 1. The fraction of sp³-hybridized carbons (Fsp3) is 0.435. The topological polar surface area (TPSA) is 75.7 Å². The zero-order valence-corrected chi connectivity index (χ0v) is 19.7. The molecule has 1 unspecified atom stereocenters. The number of benzene rings is 2. The molecule has 1 amide bonds. The first-order valence-corrected chi connectivity index (χ1v) is 12.3. The van der Waals surface area contributed by atoms with E-state index in [1.807, 2.05) is 32.9 Å².